The number of nitrogens with zero attached hydrogens (tertiary/aromatic N) is 3. The number of halogens is 1. The van der Waals surface area contributed by atoms with Crippen LogP contribution in [-0.2, 0) is 4.79 Å². The highest BCUT2D eigenvalue weighted by Gasteiger charge is 2.59. The molecule has 1 aromatic heterocycles. The van der Waals surface area contributed by atoms with Crippen molar-refractivity contribution < 1.29 is 21.8 Å². The third kappa shape index (κ3) is 3.76. The standard InChI is InChI=1S/C26H23N3OP.BrH/c30-25-24(17-20-29(25)26-27-18-10-19-28-26)31(21-11-4-1-5-12-21,22-13-6-2-7-14-22)23-15-8-3-9-16-23;/h1-16,18-19,24H,17,20H2;1H/q+1;/p-1. The molecular formula is C26H23BrN3OP. The van der Waals surface area contributed by atoms with Gasteiger partial charge >= 0.3 is 0 Å². The molecule has 1 atom stereocenters. The zero-order chi connectivity index (χ0) is 21.1. The van der Waals surface area contributed by atoms with Gasteiger partial charge in [0, 0.05) is 25.4 Å². The molecule has 0 aliphatic carbocycles. The summed E-state index contributed by atoms with van der Waals surface area (Å²) in [5.74, 6) is 0.596. The van der Waals surface area contributed by atoms with Gasteiger partial charge in [-0.05, 0) is 42.5 Å². The van der Waals surface area contributed by atoms with Crippen LogP contribution in [0.15, 0.2) is 109 Å². The van der Waals surface area contributed by atoms with Crippen LogP contribution in [0.4, 0.5) is 5.95 Å². The van der Waals surface area contributed by atoms with Crippen molar-refractivity contribution in [1.82, 2.24) is 9.97 Å². The monoisotopic (exact) mass is 503 g/mol. The maximum atomic E-state index is 13.9. The Balaban J connectivity index is 0.00000245. The highest BCUT2D eigenvalue weighted by Crippen LogP contribution is 2.62. The lowest BCUT2D eigenvalue weighted by Gasteiger charge is -2.31. The maximum absolute atomic E-state index is 13.9. The lowest BCUT2D eigenvalue weighted by molar-refractivity contribution is -0.116. The van der Waals surface area contributed by atoms with Gasteiger partial charge in [0.1, 0.15) is 23.2 Å². The summed E-state index contributed by atoms with van der Waals surface area (Å²) in [6.07, 6.45) is 4.15. The van der Waals surface area contributed by atoms with Gasteiger partial charge in [-0.3, -0.25) is 9.69 Å². The Morgan fingerprint density at radius 1 is 0.688 bits per heavy atom. The molecule has 0 spiro atoms. The van der Waals surface area contributed by atoms with Crippen LogP contribution in [0.2, 0.25) is 0 Å². The van der Waals surface area contributed by atoms with Gasteiger partial charge < -0.3 is 17.0 Å². The molecule has 2 heterocycles. The number of anilines is 1. The first kappa shape index (κ1) is 22.3. The smallest absolute Gasteiger partial charge is 0.271 e. The molecule has 4 nitrogen and oxygen atoms in total. The number of hydrogen-bond donors (Lipinski definition) is 0. The Morgan fingerprint density at radius 2 is 1.12 bits per heavy atom. The maximum Gasteiger partial charge on any atom is 0.271 e. The van der Waals surface area contributed by atoms with Crippen LogP contribution >= 0.6 is 7.26 Å². The third-order valence-corrected chi connectivity index (χ3v) is 10.7. The predicted octanol–water partition coefficient (Wildman–Crippen LogP) is 0.580. The molecule has 0 bridgehead atoms. The molecule has 1 aliphatic heterocycles. The minimum atomic E-state index is -2.26. The molecular weight excluding hydrogens is 481 g/mol. The van der Waals surface area contributed by atoms with Gasteiger partial charge in [-0.2, -0.15) is 0 Å². The summed E-state index contributed by atoms with van der Waals surface area (Å²) in [7, 11) is -2.26. The van der Waals surface area contributed by atoms with E-state index >= 15 is 0 Å². The van der Waals surface area contributed by atoms with Crippen molar-refractivity contribution in [3.63, 3.8) is 0 Å². The van der Waals surface area contributed by atoms with Gasteiger partial charge in [0.2, 0.25) is 5.95 Å². The zero-order valence-electron chi connectivity index (χ0n) is 17.5. The largest absolute Gasteiger partial charge is 1.00 e. The Kier molecular flexibility index (Phi) is 6.78. The number of rotatable bonds is 5. The van der Waals surface area contributed by atoms with Crippen LogP contribution < -0.4 is 37.8 Å². The lowest BCUT2D eigenvalue weighted by atomic mass is 10.3. The van der Waals surface area contributed by atoms with E-state index in [0.29, 0.717) is 12.5 Å². The lowest BCUT2D eigenvalue weighted by Crippen LogP contribution is -3.00. The normalized spacial score (nSPS) is 15.9. The van der Waals surface area contributed by atoms with Crippen molar-refractivity contribution in [2.75, 3.05) is 11.4 Å². The molecule has 0 radical (unpaired) electrons. The van der Waals surface area contributed by atoms with E-state index in [1.807, 2.05) is 18.2 Å². The van der Waals surface area contributed by atoms with Gasteiger partial charge in [0.05, 0.1) is 0 Å². The molecule has 160 valence electrons. The van der Waals surface area contributed by atoms with Crippen molar-refractivity contribution in [2.24, 2.45) is 0 Å². The fourth-order valence-electron chi connectivity index (χ4n) is 4.63. The Hall–Kier alpha value is -2.88. The number of amides is 1. The number of benzene rings is 3. The molecule has 1 aliphatic rings. The molecule has 1 fully saturated rings. The predicted molar refractivity (Wildman–Crippen MR) is 128 cm³/mol. The van der Waals surface area contributed by atoms with Gasteiger partial charge in [-0.15, -0.1) is 0 Å². The van der Waals surface area contributed by atoms with E-state index in [-0.39, 0.29) is 28.5 Å². The van der Waals surface area contributed by atoms with Crippen molar-refractivity contribution >= 4 is 35.0 Å². The van der Waals surface area contributed by atoms with Crippen molar-refractivity contribution in [3.8, 4) is 0 Å². The van der Waals surface area contributed by atoms with Gasteiger partial charge in [0.25, 0.3) is 5.91 Å². The van der Waals surface area contributed by atoms with E-state index in [4.69, 9.17) is 0 Å². The van der Waals surface area contributed by atoms with Crippen LogP contribution in [0, 0.1) is 0 Å². The van der Waals surface area contributed by atoms with E-state index in [9.17, 15) is 4.79 Å². The summed E-state index contributed by atoms with van der Waals surface area (Å²) in [5, 5.41) is 3.67. The first-order chi connectivity index (χ1) is 15.3. The number of carbonyl (C=O) groups excluding carboxylic acids is 1. The molecule has 3 aromatic carbocycles. The fourth-order valence-corrected chi connectivity index (χ4v) is 9.50. The molecule has 5 rings (SSSR count). The first-order valence-electron chi connectivity index (χ1n) is 10.5. The van der Waals surface area contributed by atoms with Crippen LogP contribution in [0.3, 0.4) is 0 Å². The summed E-state index contributed by atoms with van der Waals surface area (Å²) in [6.45, 7) is 0.627. The highest BCUT2D eigenvalue weighted by molar-refractivity contribution is 7.97. The molecule has 0 saturated carbocycles. The number of carbonyl (C=O) groups is 1. The topological polar surface area (TPSA) is 46.1 Å². The molecule has 32 heavy (non-hydrogen) atoms. The molecule has 1 amide bonds. The second-order valence-corrected chi connectivity index (χ2v) is 11.2. The van der Waals surface area contributed by atoms with E-state index < -0.39 is 7.26 Å². The molecule has 4 aromatic rings. The van der Waals surface area contributed by atoms with Crippen LogP contribution in [-0.4, -0.2) is 28.1 Å². The SMILES string of the molecule is O=C1C([P+](c2ccccc2)(c2ccccc2)c2ccccc2)CCN1c1ncccn1.[Br-]. The fraction of sp³-hybridized carbons (Fsp3) is 0.115. The van der Waals surface area contributed by atoms with Crippen molar-refractivity contribution in [3.05, 3.63) is 109 Å². The van der Waals surface area contributed by atoms with Crippen molar-refractivity contribution in [1.29, 1.82) is 0 Å². The van der Waals surface area contributed by atoms with Gasteiger partial charge in [-0.25, -0.2) is 9.97 Å². The Bertz CT molecular complexity index is 1060. The average Bonchev–Trinajstić information content (AvgIpc) is 3.24. The Labute approximate surface area is 199 Å². The minimum absolute atomic E-state index is 0. The van der Waals surface area contributed by atoms with Crippen LogP contribution in [0.25, 0.3) is 0 Å². The highest BCUT2D eigenvalue weighted by atomic mass is 79.9. The average molecular weight is 504 g/mol. The van der Waals surface area contributed by atoms with Crippen molar-refractivity contribution in [2.45, 2.75) is 12.1 Å². The summed E-state index contributed by atoms with van der Waals surface area (Å²) < 4.78 is 0. The minimum Gasteiger partial charge on any atom is -1.00 e. The molecule has 6 heteroatoms. The number of aromatic nitrogens is 2. The second kappa shape index (κ2) is 9.72. The molecule has 1 unspecified atom stereocenters. The molecule has 1 saturated heterocycles. The Morgan fingerprint density at radius 3 is 1.56 bits per heavy atom. The molecule has 0 N–H and O–H groups in total. The summed E-state index contributed by atoms with van der Waals surface area (Å²) in [5.41, 5.74) is -0.163. The van der Waals surface area contributed by atoms with E-state index in [1.165, 1.54) is 15.9 Å². The van der Waals surface area contributed by atoms with Crippen LogP contribution in [0.1, 0.15) is 6.42 Å². The van der Waals surface area contributed by atoms with E-state index in [2.05, 4.69) is 82.8 Å². The second-order valence-electron chi connectivity index (χ2n) is 7.57. The first-order valence-corrected chi connectivity index (χ1v) is 12.3. The zero-order valence-corrected chi connectivity index (χ0v) is 19.9. The van der Waals surface area contributed by atoms with Crippen LogP contribution in [0.5, 0.6) is 0 Å². The summed E-state index contributed by atoms with van der Waals surface area (Å²) >= 11 is 0. The van der Waals surface area contributed by atoms with Gasteiger partial charge in [-0.1, -0.05) is 54.6 Å². The van der Waals surface area contributed by atoms with E-state index in [1.54, 1.807) is 23.4 Å². The summed E-state index contributed by atoms with van der Waals surface area (Å²) in [6, 6.07) is 33.4. The summed E-state index contributed by atoms with van der Waals surface area (Å²) in [4.78, 5) is 24.4. The van der Waals surface area contributed by atoms with Gasteiger partial charge in [0.15, 0.2) is 5.66 Å². The number of hydrogen-bond acceptors (Lipinski definition) is 3. The van der Waals surface area contributed by atoms with E-state index in [0.717, 1.165) is 6.42 Å². The quantitative estimate of drug-likeness (QED) is 0.374. The third-order valence-electron chi connectivity index (χ3n) is 5.93.